The van der Waals surface area contributed by atoms with Crippen molar-refractivity contribution in [3.05, 3.63) is 30.3 Å². The number of nitrogens with zero attached hydrogens (tertiary/aromatic N) is 1. The number of carbonyl (C=O) groups excluding carboxylic acids is 2. The topological polar surface area (TPSA) is 119 Å². The third-order valence-corrected chi connectivity index (χ3v) is 3.59. The molecule has 0 bridgehead atoms. The van der Waals surface area contributed by atoms with Crippen LogP contribution in [0.1, 0.15) is 0 Å². The Balaban J connectivity index is 0.00000220. The van der Waals surface area contributed by atoms with E-state index in [-0.39, 0.29) is 47.0 Å². The Bertz CT molecular complexity index is 622. The van der Waals surface area contributed by atoms with Crippen LogP contribution in [0.2, 0.25) is 0 Å². The van der Waals surface area contributed by atoms with E-state index in [0.29, 0.717) is 0 Å². The van der Waals surface area contributed by atoms with E-state index in [9.17, 15) is 22.6 Å². The van der Waals surface area contributed by atoms with Crippen molar-refractivity contribution >= 4 is 27.8 Å². The molecule has 1 heterocycles. The van der Waals surface area contributed by atoms with Crippen molar-refractivity contribution in [1.82, 2.24) is 9.62 Å². The quantitative estimate of drug-likeness (QED) is 0.323. The van der Waals surface area contributed by atoms with Crippen LogP contribution in [0.3, 0.4) is 0 Å². The minimum Gasteiger partial charge on any atom is -0.731 e. The molecule has 1 aliphatic heterocycles. The van der Waals surface area contributed by atoms with Gasteiger partial charge in [0.05, 0.1) is 13.1 Å². The van der Waals surface area contributed by atoms with E-state index in [2.05, 4.69) is 10.6 Å². The molecule has 0 saturated carbocycles. The van der Waals surface area contributed by atoms with Crippen LogP contribution in [-0.4, -0.2) is 48.2 Å². The van der Waals surface area contributed by atoms with Gasteiger partial charge in [-0.2, -0.15) is 0 Å². The molecule has 2 amide bonds. The Morgan fingerprint density at radius 1 is 1.33 bits per heavy atom. The van der Waals surface area contributed by atoms with E-state index in [1.807, 2.05) is 6.07 Å². The zero-order valence-electron chi connectivity index (χ0n) is 11.3. The van der Waals surface area contributed by atoms with Crippen LogP contribution in [0.4, 0.5) is 5.69 Å². The molecular weight excluding hydrogens is 309 g/mol. The summed E-state index contributed by atoms with van der Waals surface area (Å²) in [4.78, 5) is 22.9. The molecule has 0 radical (unpaired) electrons. The summed E-state index contributed by atoms with van der Waals surface area (Å²) in [6.45, 7) is -0.375. The molecule has 1 saturated heterocycles. The summed E-state index contributed by atoms with van der Waals surface area (Å²) in [5, 5.41) is 5.18. The van der Waals surface area contributed by atoms with Crippen LogP contribution in [0.5, 0.6) is 0 Å². The maximum absolute atomic E-state index is 11.5. The van der Waals surface area contributed by atoms with Crippen LogP contribution in [0.25, 0.3) is 0 Å². The summed E-state index contributed by atoms with van der Waals surface area (Å²) >= 11 is 0. The van der Waals surface area contributed by atoms with E-state index in [1.165, 1.54) is 0 Å². The molecule has 21 heavy (non-hydrogen) atoms. The van der Waals surface area contributed by atoms with Gasteiger partial charge in [0.2, 0.25) is 5.91 Å². The second-order valence-corrected chi connectivity index (χ2v) is 5.46. The Kier molecular flexibility index (Phi) is 6.17. The van der Waals surface area contributed by atoms with E-state index < -0.39 is 28.2 Å². The van der Waals surface area contributed by atoms with Crippen molar-refractivity contribution in [1.29, 1.82) is 0 Å². The SMILES string of the molecule is O=C(CNc1ccccc1)NC1CN(S(=O)(=O)[O-])C1=O.[Na+]. The first kappa shape index (κ1) is 17.9. The Labute approximate surface area is 144 Å². The number of benzene rings is 1. The fourth-order valence-corrected chi connectivity index (χ4v) is 2.37. The molecule has 1 aromatic rings. The summed E-state index contributed by atoms with van der Waals surface area (Å²) in [6.07, 6.45) is 0. The smallest absolute Gasteiger partial charge is 0.731 e. The van der Waals surface area contributed by atoms with Crippen molar-refractivity contribution in [3.8, 4) is 0 Å². The Morgan fingerprint density at radius 2 is 1.95 bits per heavy atom. The normalized spacial score (nSPS) is 17.5. The van der Waals surface area contributed by atoms with E-state index >= 15 is 0 Å². The van der Waals surface area contributed by atoms with Gasteiger partial charge in [0.1, 0.15) is 6.04 Å². The Hall–Kier alpha value is -1.13. The number of para-hydroxylation sites is 1. The molecule has 1 aliphatic rings. The fourth-order valence-electron chi connectivity index (χ4n) is 1.69. The predicted molar refractivity (Wildman–Crippen MR) is 68.3 cm³/mol. The summed E-state index contributed by atoms with van der Waals surface area (Å²) in [5.74, 6) is -1.37. The molecule has 0 aliphatic carbocycles. The van der Waals surface area contributed by atoms with Gasteiger partial charge < -0.3 is 15.2 Å². The second kappa shape index (κ2) is 7.23. The fraction of sp³-hybridized carbons (Fsp3) is 0.273. The second-order valence-electron chi connectivity index (χ2n) is 4.17. The van der Waals surface area contributed by atoms with Gasteiger partial charge in [0.15, 0.2) is 10.3 Å². The summed E-state index contributed by atoms with van der Waals surface area (Å²) in [6, 6.07) is 8.01. The molecule has 1 atom stereocenters. The first-order valence-electron chi connectivity index (χ1n) is 5.73. The third kappa shape index (κ3) is 4.68. The van der Waals surface area contributed by atoms with Crippen LogP contribution in [0, 0.1) is 0 Å². The van der Waals surface area contributed by atoms with Crippen molar-refractivity contribution in [2.45, 2.75) is 6.04 Å². The number of hydrogen-bond donors (Lipinski definition) is 2. The summed E-state index contributed by atoms with van der Waals surface area (Å²) in [5.41, 5.74) is 0.742. The van der Waals surface area contributed by atoms with Crippen molar-refractivity contribution in [2.24, 2.45) is 0 Å². The molecule has 1 fully saturated rings. The first-order valence-corrected chi connectivity index (χ1v) is 7.10. The number of rotatable bonds is 5. The van der Waals surface area contributed by atoms with Crippen LogP contribution in [0.15, 0.2) is 30.3 Å². The predicted octanol–water partition coefficient (Wildman–Crippen LogP) is -4.11. The van der Waals surface area contributed by atoms with E-state index in [0.717, 1.165) is 5.69 Å². The number of β-lactam (4-membered cyclic amide) rings is 1. The van der Waals surface area contributed by atoms with Crippen LogP contribution < -0.4 is 40.2 Å². The van der Waals surface area contributed by atoms with Gasteiger partial charge in [-0.3, -0.25) is 9.59 Å². The van der Waals surface area contributed by atoms with E-state index in [1.54, 1.807) is 24.3 Å². The van der Waals surface area contributed by atoms with Crippen molar-refractivity contribution in [2.75, 3.05) is 18.4 Å². The van der Waals surface area contributed by atoms with Crippen LogP contribution >= 0.6 is 0 Å². The van der Waals surface area contributed by atoms with Gasteiger partial charge in [0, 0.05) is 5.69 Å². The molecule has 1 aromatic carbocycles. The maximum Gasteiger partial charge on any atom is 1.00 e. The molecule has 8 nitrogen and oxygen atoms in total. The standard InChI is InChI=1S/C11H13N3O5S.Na/c15-10(6-12-8-4-2-1-3-5-8)13-9-7-14(11(9)16)20(17,18)19;/h1-5,9,12H,6-7H2,(H,13,15)(H,17,18,19);/q;+1/p-1. The molecule has 2 N–H and O–H groups in total. The van der Waals surface area contributed by atoms with Gasteiger partial charge in [-0.15, -0.1) is 0 Å². The minimum atomic E-state index is -4.77. The van der Waals surface area contributed by atoms with Gasteiger partial charge in [-0.1, -0.05) is 18.2 Å². The molecule has 108 valence electrons. The van der Waals surface area contributed by atoms with Gasteiger partial charge in [0.25, 0.3) is 5.91 Å². The van der Waals surface area contributed by atoms with E-state index in [4.69, 9.17) is 0 Å². The maximum atomic E-state index is 11.5. The number of nitrogens with one attached hydrogen (secondary N) is 2. The number of amides is 2. The summed E-state index contributed by atoms with van der Waals surface area (Å²) < 4.78 is 32.0. The van der Waals surface area contributed by atoms with Crippen LogP contribution in [-0.2, 0) is 19.9 Å². The monoisotopic (exact) mass is 321 g/mol. The average Bonchev–Trinajstić information content (AvgIpc) is 2.40. The molecule has 10 heteroatoms. The molecule has 0 aromatic heterocycles. The zero-order chi connectivity index (χ0) is 14.8. The largest absolute Gasteiger partial charge is 1.00 e. The number of hydrogen-bond acceptors (Lipinski definition) is 6. The number of anilines is 1. The zero-order valence-corrected chi connectivity index (χ0v) is 14.1. The first-order chi connectivity index (χ1) is 9.38. The summed E-state index contributed by atoms with van der Waals surface area (Å²) in [7, 11) is -4.77. The average molecular weight is 321 g/mol. The molecule has 1 unspecified atom stereocenters. The number of carbonyl (C=O) groups is 2. The van der Waals surface area contributed by atoms with Crippen molar-refractivity contribution in [3.63, 3.8) is 0 Å². The van der Waals surface area contributed by atoms with Gasteiger partial charge in [-0.05, 0) is 12.1 Å². The molecular formula is C11H12N3NaO5S. The van der Waals surface area contributed by atoms with Crippen molar-refractivity contribution < 1.29 is 52.1 Å². The van der Waals surface area contributed by atoms with Gasteiger partial charge in [-0.25, -0.2) is 12.7 Å². The Morgan fingerprint density at radius 3 is 2.48 bits per heavy atom. The van der Waals surface area contributed by atoms with Gasteiger partial charge >= 0.3 is 29.6 Å². The molecule has 0 spiro atoms. The molecule has 2 rings (SSSR count). The minimum absolute atomic E-state index is 0. The third-order valence-electron chi connectivity index (χ3n) is 2.72.